The maximum atomic E-state index is 5.99. The fourth-order valence-corrected chi connectivity index (χ4v) is 3.39. The summed E-state index contributed by atoms with van der Waals surface area (Å²) >= 11 is 0. The highest BCUT2D eigenvalue weighted by atomic mass is 16.5. The molecule has 2 unspecified atom stereocenters. The van der Waals surface area contributed by atoms with Crippen LogP contribution in [-0.4, -0.2) is 13.7 Å². The Bertz CT molecular complexity index is 402. The topological polar surface area (TPSA) is 35.2 Å². The van der Waals surface area contributed by atoms with Crippen molar-refractivity contribution in [2.24, 2.45) is 17.6 Å². The largest absolute Gasteiger partial charge is 0.496 e. The van der Waals surface area contributed by atoms with Gasteiger partial charge in [-0.1, -0.05) is 37.0 Å². The van der Waals surface area contributed by atoms with E-state index in [-0.39, 0.29) is 0 Å². The third-order valence-corrected chi connectivity index (χ3v) is 4.54. The first-order valence-corrected chi connectivity index (χ1v) is 7.58. The standard InChI is InChI=1S/C17H27NO/c1-13-8-9-17(19-2)16(10-13)11-14-6-4-3-5-7-15(14)12-18/h8-10,14-15H,3-7,11-12,18H2,1-2H3. The first-order valence-electron chi connectivity index (χ1n) is 7.58. The summed E-state index contributed by atoms with van der Waals surface area (Å²) in [5.74, 6) is 2.45. The molecular weight excluding hydrogens is 234 g/mol. The second kappa shape index (κ2) is 6.95. The lowest BCUT2D eigenvalue weighted by Crippen LogP contribution is -2.24. The number of benzene rings is 1. The highest BCUT2D eigenvalue weighted by molar-refractivity contribution is 5.37. The van der Waals surface area contributed by atoms with Crippen LogP contribution in [0.15, 0.2) is 18.2 Å². The number of methoxy groups -OCH3 is 1. The number of aryl methyl sites for hydroxylation is 1. The van der Waals surface area contributed by atoms with Crippen LogP contribution in [0, 0.1) is 18.8 Å². The normalized spacial score (nSPS) is 23.9. The average Bonchev–Trinajstić information content (AvgIpc) is 2.64. The molecule has 1 aliphatic rings. The van der Waals surface area contributed by atoms with Gasteiger partial charge in [0.05, 0.1) is 7.11 Å². The quantitative estimate of drug-likeness (QED) is 0.839. The zero-order chi connectivity index (χ0) is 13.7. The SMILES string of the molecule is COc1ccc(C)cc1CC1CCCCCC1CN. The summed E-state index contributed by atoms with van der Waals surface area (Å²) < 4.78 is 5.51. The van der Waals surface area contributed by atoms with Crippen LogP contribution in [0.3, 0.4) is 0 Å². The molecule has 0 saturated heterocycles. The van der Waals surface area contributed by atoms with E-state index >= 15 is 0 Å². The van der Waals surface area contributed by atoms with Crippen molar-refractivity contribution in [3.05, 3.63) is 29.3 Å². The van der Waals surface area contributed by atoms with Gasteiger partial charge in [-0.2, -0.15) is 0 Å². The van der Waals surface area contributed by atoms with Gasteiger partial charge in [-0.3, -0.25) is 0 Å². The van der Waals surface area contributed by atoms with Crippen LogP contribution in [0.2, 0.25) is 0 Å². The maximum absolute atomic E-state index is 5.99. The molecule has 0 bridgehead atoms. The van der Waals surface area contributed by atoms with Gasteiger partial charge in [0.15, 0.2) is 0 Å². The fourth-order valence-electron chi connectivity index (χ4n) is 3.39. The van der Waals surface area contributed by atoms with Gasteiger partial charge in [0.2, 0.25) is 0 Å². The summed E-state index contributed by atoms with van der Waals surface area (Å²) in [7, 11) is 1.77. The minimum absolute atomic E-state index is 0.688. The van der Waals surface area contributed by atoms with E-state index in [0.29, 0.717) is 5.92 Å². The summed E-state index contributed by atoms with van der Waals surface area (Å²) in [4.78, 5) is 0. The molecule has 0 aliphatic heterocycles. The fraction of sp³-hybridized carbons (Fsp3) is 0.647. The van der Waals surface area contributed by atoms with Gasteiger partial charge in [-0.25, -0.2) is 0 Å². The summed E-state index contributed by atoms with van der Waals surface area (Å²) in [6, 6.07) is 6.49. The monoisotopic (exact) mass is 261 g/mol. The van der Waals surface area contributed by atoms with Crippen molar-refractivity contribution in [3.63, 3.8) is 0 Å². The van der Waals surface area contributed by atoms with Crippen LogP contribution in [0.5, 0.6) is 5.75 Å². The van der Waals surface area contributed by atoms with E-state index in [1.165, 1.54) is 43.2 Å². The molecule has 2 N–H and O–H groups in total. The number of hydrogen-bond donors (Lipinski definition) is 1. The van der Waals surface area contributed by atoms with E-state index in [4.69, 9.17) is 10.5 Å². The molecule has 1 aromatic carbocycles. The van der Waals surface area contributed by atoms with Crippen molar-refractivity contribution in [3.8, 4) is 5.75 Å². The van der Waals surface area contributed by atoms with Crippen LogP contribution in [-0.2, 0) is 6.42 Å². The Kier molecular flexibility index (Phi) is 5.26. The molecule has 2 atom stereocenters. The van der Waals surface area contributed by atoms with Crippen molar-refractivity contribution < 1.29 is 4.74 Å². The molecule has 1 aliphatic carbocycles. The third kappa shape index (κ3) is 3.73. The second-order valence-corrected chi connectivity index (χ2v) is 5.91. The van der Waals surface area contributed by atoms with Crippen LogP contribution in [0.25, 0.3) is 0 Å². The Hall–Kier alpha value is -1.02. The zero-order valence-corrected chi connectivity index (χ0v) is 12.3. The predicted octanol–water partition coefficient (Wildman–Crippen LogP) is 3.70. The first kappa shape index (κ1) is 14.4. The van der Waals surface area contributed by atoms with E-state index in [1.807, 2.05) is 0 Å². The van der Waals surface area contributed by atoms with Gasteiger partial charge < -0.3 is 10.5 Å². The summed E-state index contributed by atoms with van der Waals surface area (Å²) in [6.07, 6.45) is 7.82. The Morgan fingerprint density at radius 2 is 1.89 bits per heavy atom. The van der Waals surface area contributed by atoms with Crippen molar-refractivity contribution in [2.45, 2.75) is 45.4 Å². The third-order valence-electron chi connectivity index (χ3n) is 4.54. The molecule has 1 aromatic rings. The smallest absolute Gasteiger partial charge is 0.122 e. The summed E-state index contributed by atoms with van der Waals surface area (Å²) in [6.45, 7) is 2.98. The highest BCUT2D eigenvalue weighted by Gasteiger charge is 2.23. The van der Waals surface area contributed by atoms with Crippen LogP contribution in [0.1, 0.15) is 43.2 Å². The van der Waals surface area contributed by atoms with Crippen LogP contribution < -0.4 is 10.5 Å². The molecule has 1 fully saturated rings. The highest BCUT2D eigenvalue weighted by Crippen LogP contribution is 2.33. The van der Waals surface area contributed by atoms with Gasteiger partial charge >= 0.3 is 0 Å². The molecule has 0 aromatic heterocycles. The number of hydrogen-bond acceptors (Lipinski definition) is 2. The van der Waals surface area contributed by atoms with E-state index in [0.717, 1.165) is 24.6 Å². The minimum Gasteiger partial charge on any atom is -0.496 e. The van der Waals surface area contributed by atoms with Crippen LogP contribution >= 0.6 is 0 Å². The van der Waals surface area contributed by atoms with E-state index in [1.54, 1.807) is 7.11 Å². The van der Waals surface area contributed by atoms with E-state index < -0.39 is 0 Å². The molecule has 0 spiro atoms. The van der Waals surface area contributed by atoms with Gasteiger partial charge in [0, 0.05) is 0 Å². The van der Waals surface area contributed by atoms with Gasteiger partial charge in [-0.05, 0) is 56.2 Å². The van der Waals surface area contributed by atoms with Crippen molar-refractivity contribution in [1.29, 1.82) is 0 Å². The molecular formula is C17H27NO. The lowest BCUT2D eigenvalue weighted by atomic mass is 9.83. The van der Waals surface area contributed by atoms with Gasteiger partial charge in [-0.15, -0.1) is 0 Å². The first-order chi connectivity index (χ1) is 9.24. The Morgan fingerprint density at radius 1 is 1.16 bits per heavy atom. The Labute approximate surface area is 117 Å². The number of nitrogens with two attached hydrogens (primary N) is 1. The summed E-state index contributed by atoms with van der Waals surface area (Å²) in [5.41, 5.74) is 8.65. The van der Waals surface area contributed by atoms with Gasteiger partial charge in [0.25, 0.3) is 0 Å². The number of rotatable bonds is 4. The molecule has 2 heteroatoms. The van der Waals surface area contributed by atoms with E-state index in [2.05, 4.69) is 25.1 Å². The van der Waals surface area contributed by atoms with Crippen LogP contribution in [0.4, 0.5) is 0 Å². The lowest BCUT2D eigenvalue weighted by molar-refractivity contribution is 0.313. The Balaban J connectivity index is 2.15. The minimum atomic E-state index is 0.688. The molecule has 2 nitrogen and oxygen atoms in total. The van der Waals surface area contributed by atoms with Gasteiger partial charge in [0.1, 0.15) is 5.75 Å². The predicted molar refractivity (Wildman–Crippen MR) is 80.6 cm³/mol. The summed E-state index contributed by atoms with van der Waals surface area (Å²) in [5, 5.41) is 0. The lowest BCUT2D eigenvalue weighted by Gasteiger charge is -2.24. The van der Waals surface area contributed by atoms with Crippen molar-refractivity contribution in [1.82, 2.24) is 0 Å². The van der Waals surface area contributed by atoms with Crippen molar-refractivity contribution >= 4 is 0 Å². The molecule has 106 valence electrons. The van der Waals surface area contributed by atoms with Crippen molar-refractivity contribution in [2.75, 3.05) is 13.7 Å². The number of ether oxygens (including phenoxy) is 1. The molecule has 0 amide bonds. The second-order valence-electron chi connectivity index (χ2n) is 5.91. The molecule has 0 heterocycles. The molecule has 0 radical (unpaired) electrons. The maximum Gasteiger partial charge on any atom is 0.122 e. The average molecular weight is 261 g/mol. The van der Waals surface area contributed by atoms with E-state index in [9.17, 15) is 0 Å². The molecule has 1 saturated carbocycles. The molecule has 2 rings (SSSR count). The zero-order valence-electron chi connectivity index (χ0n) is 12.3. The Morgan fingerprint density at radius 3 is 2.58 bits per heavy atom. The molecule has 19 heavy (non-hydrogen) atoms.